The summed E-state index contributed by atoms with van der Waals surface area (Å²) in [5.41, 5.74) is 0. The Bertz CT molecular complexity index is 142. The molecule has 0 aliphatic heterocycles. The molecule has 0 aromatic rings. The van der Waals surface area contributed by atoms with E-state index in [1.54, 1.807) is 0 Å². The molecular weight excluding hydrogens is 171 g/mol. The van der Waals surface area contributed by atoms with E-state index in [2.05, 4.69) is 5.32 Å². The minimum absolute atomic E-state index is 0.0408. The van der Waals surface area contributed by atoms with Gasteiger partial charge in [0.15, 0.2) is 0 Å². The summed E-state index contributed by atoms with van der Waals surface area (Å²) in [5.74, 6) is 0. The Balaban J connectivity index is 1.97. The third kappa shape index (κ3) is 3.40. The summed E-state index contributed by atoms with van der Waals surface area (Å²) in [4.78, 5) is 0. The molecule has 1 aliphatic rings. The molecule has 2 nitrogen and oxygen atoms in total. The van der Waals surface area contributed by atoms with Crippen molar-refractivity contribution in [1.82, 2.24) is 5.32 Å². The van der Waals surface area contributed by atoms with Gasteiger partial charge in [-0.2, -0.15) is 13.2 Å². The highest BCUT2D eigenvalue weighted by Gasteiger charge is 2.30. The van der Waals surface area contributed by atoms with Crippen molar-refractivity contribution in [2.75, 3.05) is 6.54 Å². The van der Waals surface area contributed by atoms with Gasteiger partial charge in [0.25, 0.3) is 0 Å². The van der Waals surface area contributed by atoms with Gasteiger partial charge >= 0.3 is 6.18 Å². The van der Waals surface area contributed by atoms with Gasteiger partial charge in [-0.05, 0) is 12.8 Å². The van der Waals surface area contributed by atoms with Crippen LogP contribution in [0.1, 0.15) is 19.3 Å². The van der Waals surface area contributed by atoms with Gasteiger partial charge < -0.3 is 10.4 Å². The van der Waals surface area contributed by atoms with Gasteiger partial charge in [-0.1, -0.05) is 0 Å². The Hall–Kier alpha value is -0.290. The van der Waals surface area contributed by atoms with Crippen LogP contribution in [0.3, 0.4) is 0 Å². The SMILES string of the molecule is OC1CC(NCCC(F)(F)F)C1. The highest BCUT2D eigenvalue weighted by Crippen LogP contribution is 2.21. The third-order valence-corrected chi connectivity index (χ3v) is 1.95. The van der Waals surface area contributed by atoms with Crippen LogP contribution >= 0.6 is 0 Å². The normalized spacial score (nSPS) is 30.0. The van der Waals surface area contributed by atoms with Crippen LogP contribution in [0, 0.1) is 0 Å². The fraction of sp³-hybridized carbons (Fsp3) is 1.00. The lowest BCUT2D eigenvalue weighted by Crippen LogP contribution is -2.45. The Labute approximate surface area is 68.8 Å². The molecule has 1 saturated carbocycles. The van der Waals surface area contributed by atoms with Crippen molar-refractivity contribution in [3.8, 4) is 0 Å². The van der Waals surface area contributed by atoms with Gasteiger partial charge in [-0.3, -0.25) is 0 Å². The fourth-order valence-corrected chi connectivity index (χ4v) is 1.17. The zero-order valence-corrected chi connectivity index (χ0v) is 6.56. The van der Waals surface area contributed by atoms with Crippen LogP contribution in [0.5, 0.6) is 0 Å². The summed E-state index contributed by atoms with van der Waals surface area (Å²) in [6.45, 7) is -0.0408. The topological polar surface area (TPSA) is 32.3 Å². The highest BCUT2D eigenvalue weighted by molar-refractivity contribution is 4.84. The minimum Gasteiger partial charge on any atom is -0.393 e. The minimum atomic E-state index is -4.07. The third-order valence-electron chi connectivity index (χ3n) is 1.95. The molecule has 0 unspecified atom stereocenters. The smallest absolute Gasteiger partial charge is 0.390 e. The van der Waals surface area contributed by atoms with Gasteiger partial charge in [0.05, 0.1) is 12.5 Å². The molecule has 0 atom stereocenters. The summed E-state index contributed by atoms with van der Waals surface area (Å²) in [6.07, 6.45) is -4.02. The lowest BCUT2D eigenvalue weighted by Gasteiger charge is -2.32. The molecule has 1 fully saturated rings. The van der Waals surface area contributed by atoms with Crippen molar-refractivity contribution in [2.24, 2.45) is 0 Å². The van der Waals surface area contributed by atoms with E-state index in [0.717, 1.165) is 0 Å². The average Bonchev–Trinajstić information content (AvgIpc) is 1.81. The molecule has 5 heteroatoms. The molecule has 0 aromatic heterocycles. The van der Waals surface area contributed by atoms with E-state index in [4.69, 9.17) is 5.11 Å². The predicted octanol–water partition coefficient (Wildman–Crippen LogP) is 1.05. The first-order valence-corrected chi connectivity index (χ1v) is 3.95. The Morgan fingerprint density at radius 2 is 1.92 bits per heavy atom. The van der Waals surface area contributed by atoms with E-state index in [0.29, 0.717) is 12.8 Å². The predicted molar refractivity (Wildman–Crippen MR) is 37.7 cm³/mol. The van der Waals surface area contributed by atoms with Crippen molar-refractivity contribution in [3.05, 3.63) is 0 Å². The van der Waals surface area contributed by atoms with Crippen LogP contribution < -0.4 is 5.32 Å². The summed E-state index contributed by atoms with van der Waals surface area (Å²) >= 11 is 0. The van der Waals surface area contributed by atoms with E-state index in [-0.39, 0.29) is 18.7 Å². The molecule has 1 aliphatic carbocycles. The maximum atomic E-state index is 11.6. The van der Waals surface area contributed by atoms with E-state index >= 15 is 0 Å². The van der Waals surface area contributed by atoms with Gasteiger partial charge in [-0.25, -0.2) is 0 Å². The van der Waals surface area contributed by atoms with E-state index in [1.807, 2.05) is 0 Å². The lowest BCUT2D eigenvalue weighted by atomic mass is 9.89. The first-order valence-electron chi connectivity index (χ1n) is 3.95. The summed E-state index contributed by atoms with van der Waals surface area (Å²) in [7, 11) is 0. The van der Waals surface area contributed by atoms with E-state index in [1.165, 1.54) is 0 Å². The molecule has 0 bridgehead atoms. The molecule has 72 valence electrons. The van der Waals surface area contributed by atoms with E-state index < -0.39 is 12.6 Å². The summed E-state index contributed by atoms with van der Waals surface area (Å²) in [6, 6.07) is 0.0855. The van der Waals surface area contributed by atoms with Gasteiger partial charge in [0.1, 0.15) is 0 Å². The van der Waals surface area contributed by atoms with E-state index in [9.17, 15) is 13.2 Å². The number of hydrogen-bond acceptors (Lipinski definition) is 2. The summed E-state index contributed by atoms with van der Waals surface area (Å²) in [5, 5.41) is 11.5. The quantitative estimate of drug-likeness (QED) is 0.685. The number of hydrogen-bond donors (Lipinski definition) is 2. The van der Waals surface area contributed by atoms with Crippen LogP contribution in [-0.2, 0) is 0 Å². The van der Waals surface area contributed by atoms with Crippen molar-refractivity contribution < 1.29 is 18.3 Å². The Morgan fingerprint density at radius 3 is 2.33 bits per heavy atom. The van der Waals surface area contributed by atoms with Crippen molar-refractivity contribution in [2.45, 2.75) is 37.6 Å². The lowest BCUT2D eigenvalue weighted by molar-refractivity contribution is -0.134. The molecule has 0 spiro atoms. The van der Waals surface area contributed by atoms with Crippen LogP contribution in [0.4, 0.5) is 13.2 Å². The molecule has 1 rings (SSSR count). The molecule has 2 N–H and O–H groups in total. The molecule has 0 saturated heterocycles. The number of alkyl halides is 3. The van der Waals surface area contributed by atoms with Crippen LogP contribution in [-0.4, -0.2) is 30.0 Å². The largest absolute Gasteiger partial charge is 0.393 e. The maximum absolute atomic E-state index is 11.6. The molecular formula is C7H12F3NO. The number of nitrogens with one attached hydrogen (secondary N) is 1. The standard InChI is InChI=1S/C7H12F3NO/c8-7(9,10)1-2-11-5-3-6(12)4-5/h5-6,11-12H,1-4H2. The number of aliphatic hydroxyl groups is 1. The Kier molecular flexibility index (Phi) is 2.95. The van der Waals surface area contributed by atoms with Crippen LogP contribution in [0.25, 0.3) is 0 Å². The number of rotatable bonds is 3. The molecule has 0 heterocycles. The zero-order chi connectivity index (χ0) is 9.19. The summed E-state index contributed by atoms with van der Waals surface area (Å²) < 4.78 is 34.8. The second kappa shape index (κ2) is 3.62. The monoisotopic (exact) mass is 183 g/mol. The molecule has 12 heavy (non-hydrogen) atoms. The first-order chi connectivity index (χ1) is 5.47. The van der Waals surface area contributed by atoms with Gasteiger partial charge in [-0.15, -0.1) is 0 Å². The molecule has 0 aromatic carbocycles. The van der Waals surface area contributed by atoms with Crippen molar-refractivity contribution in [3.63, 3.8) is 0 Å². The maximum Gasteiger partial charge on any atom is 0.390 e. The van der Waals surface area contributed by atoms with Gasteiger partial charge in [0, 0.05) is 12.6 Å². The second-order valence-corrected chi connectivity index (χ2v) is 3.14. The Morgan fingerprint density at radius 1 is 1.33 bits per heavy atom. The van der Waals surface area contributed by atoms with Crippen LogP contribution in [0.15, 0.2) is 0 Å². The van der Waals surface area contributed by atoms with Crippen molar-refractivity contribution >= 4 is 0 Å². The first kappa shape index (κ1) is 9.80. The molecule has 0 radical (unpaired) electrons. The number of halogens is 3. The van der Waals surface area contributed by atoms with Crippen molar-refractivity contribution in [1.29, 1.82) is 0 Å². The second-order valence-electron chi connectivity index (χ2n) is 3.14. The van der Waals surface area contributed by atoms with Crippen LogP contribution in [0.2, 0.25) is 0 Å². The zero-order valence-electron chi connectivity index (χ0n) is 6.56. The van der Waals surface area contributed by atoms with Gasteiger partial charge in [0.2, 0.25) is 0 Å². The molecule has 0 amide bonds. The number of aliphatic hydroxyl groups excluding tert-OH is 1. The fourth-order valence-electron chi connectivity index (χ4n) is 1.17. The highest BCUT2D eigenvalue weighted by atomic mass is 19.4. The average molecular weight is 183 g/mol.